The van der Waals surface area contributed by atoms with Gasteiger partial charge in [-0.05, 0) is 0 Å². The molecule has 1 aromatic heterocycles. The van der Waals surface area contributed by atoms with Crippen LogP contribution in [0.15, 0.2) is 18.3 Å². The number of halogens is 1. The Balaban J connectivity index is 1.95. The minimum atomic E-state index is 0.162. The average molecular weight is 304 g/mol. The fourth-order valence-corrected chi connectivity index (χ4v) is 2.68. The van der Waals surface area contributed by atoms with E-state index in [1.54, 1.807) is 0 Å². The summed E-state index contributed by atoms with van der Waals surface area (Å²) in [5.74, 6) is 0.804. The summed E-state index contributed by atoms with van der Waals surface area (Å²) in [6.45, 7) is 0. The van der Waals surface area contributed by atoms with Crippen molar-refractivity contribution in [2.45, 2.75) is 31.8 Å². The van der Waals surface area contributed by atoms with E-state index in [-0.39, 0.29) is 21.2 Å². The Morgan fingerprint density at radius 2 is 2.14 bits per heavy atom. The second-order valence-electron chi connectivity index (χ2n) is 3.53. The van der Waals surface area contributed by atoms with Crippen molar-refractivity contribution in [1.82, 2.24) is 4.98 Å². The van der Waals surface area contributed by atoms with E-state index in [2.05, 4.69) is 16.0 Å². The van der Waals surface area contributed by atoms with Crippen molar-refractivity contribution in [3.05, 3.63) is 21.9 Å². The molecule has 2 nitrogen and oxygen atoms in total. The summed E-state index contributed by atoms with van der Waals surface area (Å²) in [7, 11) is 0. The van der Waals surface area contributed by atoms with Crippen LogP contribution < -0.4 is 25.9 Å². The summed E-state index contributed by atoms with van der Waals surface area (Å²) in [5, 5.41) is 0. The zero-order chi connectivity index (χ0) is 9.80. The zero-order valence-electron chi connectivity index (χ0n) is 8.37. The molecule has 1 aromatic rings. The van der Waals surface area contributed by atoms with Crippen molar-refractivity contribution in [3.63, 3.8) is 0 Å². The van der Waals surface area contributed by atoms with E-state index in [1.807, 2.05) is 12.3 Å². The molecule has 3 heteroatoms. The van der Waals surface area contributed by atoms with E-state index in [1.165, 1.54) is 29.3 Å². The van der Waals surface area contributed by atoms with Crippen molar-refractivity contribution in [2.24, 2.45) is 0 Å². The van der Waals surface area contributed by atoms with Crippen LogP contribution in [-0.4, -0.2) is 16.0 Å². The molecule has 2 rings (SSSR count). The predicted molar refractivity (Wildman–Crippen MR) is 51.7 cm³/mol. The van der Waals surface area contributed by atoms with E-state index in [4.69, 9.17) is 4.74 Å². The molecule has 1 aliphatic rings. The molecule has 0 bridgehead atoms. The number of hydrogen-bond acceptors (Lipinski definition) is 2. The number of nitrogens with zero attached hydrogens (tertiary/aromatic N) is 1. The van der Waals surface area contributed by atoms with E-state index >= 15 is 0 Å². The molecule has 1 fully saturated rings. The molecular formula is C11H15INO-. The summed E-state index contributed by atoms with van der Waals surface area (Å²) in [5.41, 5.74) is 0. The van der Waals surface area contributed by atoms with E-state index in [9.17, 15) is 0 Å². The third-order valence-corrected chi connectivity index (χ3v) is 4.39. The molecule has 78 valence electrons. The Morgan fingerprint density at radius 3 is 2.71 bits per heavy atom. The standard InChI is InChI=1S/C11H15INO/c1-12-9-6-7-11(13-8-9)14-10-4-2-3-5-10/h6-8,10H,2-5H2,1H3/q-1. The number of ether oxygens (including phenoxy) is 1. The van der Waals surface area contributed by atoms with E-state index < -0.39 is 0 Å². The predicted octanol–water partition coefficient (Wildman–Crippen LogP) is -0.709. The van der Waals surface area contributed by atoms with Crippen LogP contribution in [0, 0.1) is 3.57 Å². The molecule has 0 radical (unpaired) electrons. The summed E-state index contributed by atoms with van der Waals surface area (Å²) in [6.07, 6.45) is 7.39. The van der Waals surface area contributed by atoms with Gasteiger partial charge >= 0.3 is 95.4 Å². The van der Waals surface area contributed by atoms with Crippen LogP contribution in [0.25, 0.3) is 0 Å². The Bertz CT molecular complexity index is 280. The SMILES string of the molecule is C[I-]c1ccc(OC2CCCC2)nc1. The molecule has 0 aromatic carbocycles. The van der Waals surface area contributed by atoms with E-state index in [0.717, 1.165) is 5.88 Å². The molecule has 0 unspecified atom stereocenters. The average Bonchev–Trinajstić information content (AvgIpc) is 2.72. The maximum absolute atomic E-state index is 5.78. The first-order valence-corrected chi connectivity index (χ1v) is 8.24. The molecule has 0 amide bonds. The third-order valence-electron chi connectivity index (χ3n) is 2.51. The fourth-order valence-electron chi connectivity index (χ4n) is 1.72. The van der Waals surface area contributed by atoms with Crippen LogP contribution in [0.5, 0.6) is 5.88 Å². The van der Waals surface area contributed by atoms with Gasteiger partial charge < -0.3 is 0 Å². The fraction of sp³-hybridized carbons (Fsp3) is 0.545. The van der Waals surface area contributed by atoms with Gasteiger partial charge in [-0.3, -0.25) is 0 Å². The van der Waals surface area contributed by atoms with Crippen LogP contribution in [0.3, 0.4) is 0 Å². The van der Waals surface area contributed by atoms with Gasteiger partial charge in [0.05, 0.1) is 0 Å². The van der Waals surface area contributed by atoms with Crippen molar-refractivity contribution in [2.75, 3.05) is 4.93 Å². The van der Waals surface area contributed by atoms with Gasteiger partial charge in [0.2, 0.25) is 0 Å². The molecular weight excluding hydrogens is 289 g/mol. The summed E-state index contributed by atoms with van der Waals surface area (Å²) < 4.78 is 7.15. The molecule has 0 N–H and O–H groups in total. The van der Waals surface area contributed by atoms with Crippen LogP contribution in [0.2, 0.25) is 0 Å². The first kappa shape index (κ1) is 10.2. The van der Waals surface area contributed by atoms with Crippen molar-refractivity contribution < 1.29 is 25.9 Å². The summed E-state index contributed by atoms with van der Waals surface area (Å²) in [6, 6.07) is 4.15. The van der Waals surface area contributed by atoms with Gasteiger partial charge in [0.1, 0.15) is 0 Å². The Morgan fingerprint density at radius 1 is 1.36 bits per heavy atom. The number of aromatic nitrogens is 1. The molecule has 0 spiro atoms. The van der Waals surface area contributed by atoms with E-state index in [0.29, 0.717) is 6.10 Å². The van der Waals surface area contributed by atoms with Crippen LogP contribution in [-0.2, 0) is 0 Å². The second-order valence-corrected chi connectivity index (χ2v) is 5.85. The molecule has 1 heterocycles. The first-order valence-electron chi connectivity index (χ1n) is 5.00. The van der Waals surface area contributed by atoms with Crippen LogP contribution in [0.1, 0.15) is 25.7 Å². The quantitative estimate of drug-likeness (QED) is 0.544. The molecule has 0 saturated heterocycles. The number of rotatable bonds is 3. The van der Waals surface area contributed by atoms with Crippen LogP contribution in [0.4, 0.5) is 0 Å². The Kier molecular flexibility index (Phi) is 3.61. The molecule has 1 aliphatic carbocycles. The van der Waals surface area contributed by atoms with Crippen molar-refractivity contribution in [1.29, 1.82) is 0 Å². The van der Waals surface area contributed by atoms with Gasteiger partial charge in [-0.25, -0.2) is 0 Å². The third kappa shape index (κ3) is 2.59. The molecule has 0 aliphatic heterocycles. The number of hydrogen-bond donors (Lipinski definition) is 0. The normalized spacial score (nSPS) is 17.5. The first-order chi connectivity index (χ1) is 6.88. The second kappa shape index (κ2) is 4.96. The summed E-state index contributed by atoms with van der Waals surface area (Å²) in [4.78, 5) is 6.56. The van der Waals surface area contributed by atoms with Crippen molar-refractivity contribution >= 4 is 0 Å². The van der Waals surface area contributed by atoms with Gasteiger partial charge in [-0.2, -0.15) is 0 Å². The molecule has 1 saturated carbocycles. The molecule has 14 heavy (non-hydrogen) atoms. The number of alkyl halides is 1. The number of pyridine rings is 1. The minimum absolute atomic E-state index is 0.162. The monoisotopic (exact) mass is 304 g/mol. The Hall–Kier alpha value is -0.320. The van der Waals surface area contributed by atoms with Crippen LogP contribution >= 0.6 is 0 Å². The van der Waals surface area contributed by atoms with Gasteiger partial charge in [-0.1, -0.05) is 0 Å². The topological polar surface area (TPSA) is 22.1 Å². The van der Waals surface area contributed by atoms with Gasteiger partial charge in [0.15, 0.2) is 0 Å². The summed E-state index contributed by atoms with van der Waals surface area (Å²) >= 11 is 0.162. The van der Waals surface area contributed by atoms with Gasteiger partial charge in [0, 0.05) is 0 Å². The van der Waals surface area contributed by atoms with Gasteiger partial charge in [-0.15, -0.1) is 0 Å². The Labute approximate surface area is 95.3 Å². The van der Waals surface area contributed by atoms with Gasteiger partial charge in [0.25, 0.3) is 0 Å². The van der Waals surface area contributed by atoms with Crippen molar-refractivity contribution in [3.8, 4) is 5.88 Å². The maximum atomic E-state index is 5.78. The zero-order valence-corrected chi connectivity index (χ0v) is 10.5. The molecule has 0 atom stereocenters.